The van der Waals surface area contributed by atoms with Gasteiger partial charge in [0.2, 0.25) is 11.7 Å². The second kappa shape index (κ2) is 6.30. The Morgan fingerprint density at radius 3 is 2.82 bits per heavy atom. The van der Waals surface area contributed by atoms with Crippen LogP contribution < -0.4 is 9.47 Å². The van der Waals surface area contributed by atoms with Gasteiger partial charge in [0, 0.05) is 24.4 Å². The minimum atomic E-state index is 0.499. The number of hydrogen-bond acceptors (Lipinski definition) is 6. The summed E-state index contributed by atoms with van der Waals surface area (Å²) >= 11 is 0. The summed E-state index contributed by atoms with van der Waals surface area (Å²) in [5.74, 6) is 2.42. The van der Waals surface area contributed by atoms with Gasteiger partial charge in [0.1, 0.15) is 11.5 Å². The van der Waals surface area contributed by atoms with E-state index in [2.05, 4.69) is 20.1 Å². The van der Waals surface area contributed by atoms with E-state index in [9.17, 15) is 0 Å². The minimum absolute atomic E-state index is 0.499. The minimum Gasteiger partial charge on any atom is -0.497 e. The topological polar surface area (TPSA) is 86.1 Å². The van der Waals surface area contributed by atoms with Crippen molar-refractivity contribution in [3.05, 3.63) is 42.3 Å². The molecule has 114 valence electrons. The Morgan fingerprint density at radius 2 is 2.09 bits per heavy atom. The highest BCUT2D eigenvalue weighted by Gasteiger charge is 2.14. The molecule has 3 aromatic rings. The van der Waals surface area contributed by atoms with Crippen molar-refractivity contribution >= 4 is 0 Å². The summed E-state index contributed by atoms with van der Waals surface area (Å²) in [6.07, 6.45) is 4.84. The van der Waals surface area contributed by atoms with Gasteiger partial charge in [0.25, 0.3) is 0 Å². The van der Waals surface area contributed by atoms with Crippen LogP contribution in [0.5, 0.6) is 11.5 Å². The van der Waals surface area contributed by atoms with Gasteiger partial charge in [-0.1, -0.05) is 5.16 Å². The molecule has 2 aromatic heterocycles. The van der Waals surface area contributed by atoms with Gasteiger partial charge in [0.05, 0.1) is 26.1 Å². The first kappa shape index (κ1) is 14.1. The Morgan fingerprint density at radius 1 is 1.18 bits per heavy atom. The second-order valence-corrected chi connectivity index (χ2v) is 4.65. The quantitative estimate of drug-likeness (QED) is 0.751. The molecule has 7 heteroatoms. The molecule has 0 aliphatic heterocycles. The maximum Gasteiger partial charge on any atom is 0.227 e. The van der Waals surface area contributed by atoms with Gasteiger partial charge < -0.3 is 19.0 Å². The maximum atomic E-state index is 5.36. The van der Waals surface area contributed by atoms with Gasteiger partial charge >= 0.3 is 0 Å². The van der Waals surface area contributed by atoms with Gasteiger partial charge in [-0.05, 0) is 18.6 Å². The van der Waals surface area contributed by atoms with Crippen molar-refractivity contribution in [2.75, 3.05) is 14.2 Å². The zero-order valence-corrected chi connectivity index (χ0v) is 12.4. The zero-order chi connectivity index (χ0) is 15.4. The molecule has 0 radical (unpaired) electrons. The number of benzene rings is 1. The van der Waals surface area contributed by atoms with Gasteiger partial charge in [0.15, 0.2) is 0 Å². The molecule has 0 bridgehead atoms. The number of methoxy groups -OCH3 is 2. The van der Waals surface area contributed by atoms with Gasteiger partial charge in [-0.15, -0.1) is 0 Å². The van der Waals surface area contributed by atoms with Crippen LogP contribution in [0.15, 0.2) is 35.2 Å². The first-order chi connectivity index (χ1) is 10.8. The molecule has 0 amide bonds. The molecule has 1 N–H and O–H groups in total. The Balaban J connectivity index is 1.78. The van der Waals surface area contributed by atoms with Crippen LogP contribution in [0.1, 0.15) is 11.6 Å². The summed E-state index contributed by atoms with van der Waals surface area (Å²) in [7, 11) is 3.20. The van der Waals surface area contributed by atoms with Gasteiger partial charge in [-0.3, -0.25) is 0 Å². The highest BCUT2D eigenvalue weighted by atomic mass is 16.5. The molecule has 0 saturated carbocycles. The van der Waals surface area contributed by atoms with E-state index in [0.717, 1.165) is 17.7 Å². The SMILES string of the molecule is COc1ccc(-c2noc(CCc3cnc[nH]3)n2)c(OC)c1. The van der Waals surface area contributed by atoms with Crippen molar-refractivity contribution in [3.8, 4) is 22.9 Å². The number of ether oxygens (including phenoxy) is 2. The second-order valence-electron chi connectivity index (χ2n) is 4.65. The smallest absolute Gasteiger partial charge is 0.227 e. The molecular weight excluding hydrogens is 284 g/mol. The van der Waals surface area contributed by atoms with E-state index in [-0.39, 0.29) is 0 Å². The molecule has 0 spiro atoms. The third-order valence-corrected chi connectivity index (χ3v) is 3.28. The lowest BCUT2D eigenvalue weighted by Gasteiger charge is -2.07. The molecule has 3 rings (SSSR count). The van der Waals surface area contributed by atoms with Crippen LogP contribution in [0.25, 0.3) is 11.4 Å². The predicted octanol–water partition coefficient (Wildman–Crippen LogP) is 2.26. The van der Waals surface area contributed by atoms with Crippen LogP contribution in [0.4, 0.5) is 0 Å². The summed E-state index contributed by atoms with van der Waals surface area (Å²) in [6, 6.07) is 5.47. The van der Waals surface area contributed by atoms with Crippen LogP contribution in [0.3, 0.4) is 0 Å². The molecule has 0 atom stereocenters. The van der Waals surface area contributed by atoms with Crippen LogP contribution in [-0.2, 0) is 12.8 Å². The summed E-state index contributed by atoms with van der Waals surface area (Å²) in [4.78, 5) is 11.4. The van der Waals surface area contributed by atoms with E-state index in [1.165, 1.54) is 0 Å². The first-order valence-electron chi connectivity index (χ1n) is 6.82. The lowest BCUT2D eigenvalue weighted by atomic mass is 10.2. The number of hydrogen-bond donors (Lipinski definition) is 1. The third kappa shape index (κ3) is 2.93. The highest BCUT2D eigenvalue weighted by Crippen LogP contribution is 2.31. The predicted molar refractivity (Wildman–Crippen MR) is 78.8 cm³/mol. The van der Waals surface area contributed by atoms with Crippen LogP contribution >= 0.6 is 0 Å². The largest absolute Gasteiger partial charge is 0.497 e. The number of imidazole rings is 1. The molecular formula is C15H16N4O3. The molecule has 2 heterocycles. The Labute approximate surface area is 127 Å². The van der Waals surface area contributed by atoms with Crippen molar-refractivity contribution in [3.63, 3.8) is 0 Å². The first-order valence-corrected chi connectivity index (χ1v) is 6.82. The van der Waals surface area contributed by atoms with Gasteiger partial charge in [-0.2, -0.15) is 4.98 Å². The average molecular weight is 300 g/mol. The number of aromatic nitrogens is 4. The number of nitrogens with zero attached hydrogens (tertiary/aromatic N) is 3. The lowest BCUT2D eigenvalue weighted by molar-refractivity contribution is 0.377. The van der Waals surface area contributed by atoms with Crippen LogP contribution in [0.2, 0.25) is 0 Å². The highest BCUT2D eigenvalue weighted by molar-refractivity contribution is 5.65. The molecule has 1 aromatic carbocycles. The molecule has 0 saturated heterocycles. The van der Waals surface area contributed by atoms with E-state index in [4.69, 9.17) is 14.0 Å². The fourth-order valence-corrected chi connectivity index (χ4v) is 2.11. The molecule has 7 nitrogen and oxygen atoms in total. The molecule has 0 fully saturated rings. The molecule has 22 heavy (non-hydrogen) atoms. The summed E-state index contributed by atoms with van der Waals surface area (Å²) in [5.41, 5.74) is 1.79. The van der Waals surface area contributed by atoms with E-state index < -0.39 is 0 Å². The normalized spacial score (nSPS) is 10.6. The van der Waals surface area contributed by atoms with E-state index in [1.54, 1.807) is 32.8 Å². The zero-order valence-electron chi connectivity index (χ0n) is 12.4. The lowest BCUT2D eigenvalue weighted by Crippen LogP contribution is -1.93. The van der Waals surface area contributed by atoms with Crippen LogP contribution in [0, 0.1) is 0 Å². The summed E-state index contributed by atoms with van der Waals surface area (Å²) < 4.78 is 15.8. The van der Waals surface area contributed by atoms with Crippen molar-refractivity contribution < 1.29 is 14.0 Å². The third-order valence-electron chi connectivity index (χ3n) is 3.28. The standard InChI is InChI=1S/C15H16N4O3/c1-20-11-4-5-12(13(7-11)21-2)15-18-14(22-19-15)6-3-10-8-16-9-17-10/h4-5,7-9H,3,6H2,1-2H3,(H,16,17). The maximum absolute atomic E-state index is 5.36. The fourth-order valence-electron chi connectivity index (χ4n) is 2.11. The number of rotatable bonds is 6. The Kier molecular flexibility index (Phi) is 4.04. The monoisotopic (exact) mass is 300 g/mol. The number of H-pyrrole nitrogens is 1. The van der Waals surface area contributed by atoms with Crippen molar-refractivity contribution in [2.24, 2.45) is 0 Å². The van der Waals surface area contributed by atoms with Crippen LogP contribution in [-0.4, -0.2) is 34.3 Å². The fraction of sp³-hybridized carbons (Fsp3) is 0.267. The summed E-state index contributed by atoms with van der Waals surface area (Å²) in [6.45, 7) is 0. The molecule has 0 unspecified atom stereocenters. The molecule has 0 aliphatic rings. The number of nitrogens with one attached hydrogen (secondary N) is 1. The number of aryl methyl sites for hydroxylation is 2. The Hall–Kier alpha value is -2.83. The van der Waals surface area contributed by atoms with Crippen molar-refractivity contribution in [1.82, 2.24) is 20.1 Å². The van der Waals surface area contributed by atoms with E-state index >= 15 is 0 Å². The van der Waals surface area contributed by atoms with Crippen molar-refractivity contribution in [1.29, 1.82) is 0 Å². The number of aromatic amines is 1. The van der Waals surface area contributed by atoms with E-state index in [0.29, 0.717) is 29.6 Å². The summed E-state index contributed by atoms with van der Waals surface area (Å²) in [5, 5.41) is 4.02. The van der Waals surface area contributed by atoms with E-state index in [1.807, 2.05) is 12.1 Å². The van der Waals surface area contributed by atoms with Crippen molar-refractivity contribution in [2.45, 2.75) is 12.8 Å². The van der Waals surface area contributed by atoms with Gasteiger partial charge in [-0.25, -0.2) is 4.98 Å². The molecule has 0 aliphatic carbocycles. The average Bonchev–Trinajstić information content (AvgIpc) is 3.23. The Bertz CT molecular complexity index is 737.